The maximum Gasteiger partial charge on any atom is 0.416 e. The number of likely N-dealkylation sites (tertiary alicyclic amines) is 1. The van der Waals surface area contributed by atoms with Gasteiger partial charge in [-0.3, -0.25) is 9.52 Å². The van der Waals surface area contributed by atoms with E-state index in [-0.39, 0.29) is 16.5 Å². The standard InChI is InChI=1S/C26H25F3N2O4S/c27-26(28,29)21-8-12-23(13-9-21)36(34,35)30-22-10-6-20(7-11-22)24(32)31-16-14-25(33,15-17-31)18-19-4-2-1-3-5-19/h1-13,30,33H,14-18H2. The van der Waals surface area contributed by atoms with Crippen molar-refractivity contribution in [3.8, 4) is 0 Å². The van der Waals surface area contributed by atoms with Crippen molar-refractivity contribution in [1.29, 1.82) is 0 Å². The molecule has 0 bridgehead atoms. The molecule has 1 aliphatic heterocycles. The van der Waals surface area contributed by atoms with Crippen molar-refractivity contribution >= 4 is 21.6 Å². The van der Waals surface area contributed by atoms with Crippen LogP contribution in [0, 0.1) is 0 Å². The first-order chi connectivity index (χ1) is 17.0. The number of hydrogen-bond acceptors (Lipinski definition) is 4. The van der Waals surface area contributed by atoms with Crippen molar-refractivity contribution in [1.82, 2.24) is 4.90 Å². The predicted molar refractivity (Wildman–Crippen MR) is 129 cm³/mol. The van der Waals surface area contributed by atoms with Gasteiger partial charge in [0.25, 0.3) is 15.9 Å². The Morgan fingerprint density at radius 2 is 1.50 bits per heavy atom. The molecule has 1 saturated heterocycles. The number of nitrogens with one attached hydrogen (secondary N) is 1. The van der Waals surface area contributed by atoms with Gasteiger partial charge in [-0.1, -0.05) is 30.3 Å². The molecule has 0 aromatic heterocycles. The SMILES string of the molecule is O=C(c1ccc(NS(=O)(=O)c2ccc(C(F)(F)F)cc2)cc1)N1CCC(O)(Cc2ccccc2)CC1. The summed E-state index contributed by atoms with van der Waals surface area (Å²) in [6.07, 6.45) is -3.16. The van der Waals surface area contributed by atoms with E-state index in [9.17, 15) is 31.5 Å². The van der Waals surface area contributed by atoms with Crippen molar-refractivity contribution in [2.24, 2.45) is 0 Å². The van der Waals surface area contributed by atoms with Crippen molar-refractivity contribution in [3.05, 3.63) is 95.6 Å². The van der Waals surface area contributed by atoms with Crippen molar-refractivity contribution < 1.29 is 31.5 Å². The zero-order valence-electron chi connectivity index (χ0n) is 19.2. The number of halogens is 3. The largest absolute Gasteiger partial charge is 0.416 e. The fraction of sp³-hybridized carbons (Fsp3) is 0.269. The van der Waals surface area contributed by atoms with E-state index in [1.807, 2.05) is 30.3 Å². The highest BCUT2D eigenvalue weighted by Gasteiger charge is 2.34. The number of piperidine rings is 1. The minimum atomic E-state index is -4.56. The molecule has 36 heavy (non-hydrogen) atoms. The quantitative estimate of drug-likeness (QED) is 0.495. The van der Waals surface area contributed by atoms with Crippen LogP contribution in [0.4, 0.5) is 18.9 Å². The predicted octanol–water partition coefficient (Wildman–Crippen LogP) is 4.72. The highest BCUT2D eigenvalue weighted by atomic mass is 32.2. The van der Waals surface area contributed by atoms with Gasteiger partial charge < -0.3 is 10.0 Å². The van der Waals surface area contributed by atoms with Gasteiger partial charge in [-0.25, -0.2) is 8.42 Å². The van der Waals surface area contributed by atoms with Crippen molar-refractivity contribution in [2.75, 3.05) is 17.8 Å². The number of nitrogens with zero attached hydrogens (tertiary/aromatic N) is 1. The lowest BCUT2D eigenvalue weighted by molar-refractivity contribution is -0.137. The highest BCUT2D eigenvalue weighted by Crippen LogP contribution is 2.30. The Hall–Kier alpha value is -3.37. The topological polar surface area (TPSA) is 86.7 Å². The lowest BCUT2D eigenvalue weighted by Crippen LogP contribution is -2.47. The van der Waals surface area contributed by atoms with Crippen LogP contribution in [0.3, 0.4) is 0 Å². The lowest BCUT2D eigenvalue weighted by atomic mass is 9.85. The van der Waals surface area contributed by atoms with Crippen LogP contribution >= 0.6 is 0 Å². The number of rotatable bonds is 6. The molecule has 1 aliphatic rings. The van der Waals surface area contributed by atoms with E-state index < -0.39 is 27.4 Å². The van der Waals surface area contributed by atoms with Gasteiger partial charge in [0.05, 0.1) is 16.1 Å². The van der Waals surface area contributed by atoms with Crippen molar-refractivity contribution in [3.63, 3.8) is 0 Å². The fourth-order valence-corrected chi connectivity index (χ4v) is 5.24. The van der Waals surface area contributed by atoms with E-state index in [1.54, 1.807) is 4.90 Å². The van der Waals surface area contributed by atoms with Gasteiger partial charge in [-0.2, -0.15) is 13.2 Å². The third-order valence-electron chi connectivity index (χ3n) is 6.23. The summed E-state index contributed by atoms with van der Waals surface area (Å²) < 4.78 is 65.5. The van der Waals surface area contributed by atoms with Gasteiger partial charge in [0.1, 0.15) is 0 Å². The van der Waals surface area contributed by atoms with Gasteiger partial charge in [0.15, 0.2) is 0 Å². The van der Waals surface area contributed by atoms with Gasteiger partial charge in [-0.15, -0.1) is 0 Å². The zero-order chi connectivity index (χ0) is 26.0. The second-order valence-corrected chi connectivity index (χ2v) is 10.6. The second kappa shape index (κ2) is 9.94. The smallest absolute Gasteiger partial charge is 0.389 e. The Labute approximate surface area is 207 Å². The molecule has 0 unspecified atom stereocenters. The third kappa shape index (κ3) is 6.06. The summed E-state index contributed by atoms with van der Waals surface area (Å²) in [5, 5.41) is 10.9. The van der Waals surface area contributed by atoms with Crippen LogP contribution in [0.15, 0.2) is 83.8 Å². The molecule has 1 fully saturated rings. The molecular formula is C26H25F3N2O4S. The number of aliphatic hydroxyl groups is 1. The first-order valence-electron chi connectivity index (χ1n) is 11.3. The maximum atomic E-state index is 12.9. The molecule has 0 radical (unpaired) electrons. The van der Waals surface area contributed by atoms with E-state index in [0.717, 1.165) is 17.7 Å². The third-order valence-corrected chi connectivity index (χ3v) is 7.63. The molecule has 3 aromatic carbocycles. The van der Waals surface area contributed by atoms with E-state index in [4.69, 9.17) is 0 Å². The average Bonchev–Trinajstić information content (AvgIpc) is 2.84. The van der Waals surface area contributed by atoms with Crippen LogP contribution in [0.25, 0.3) is 0 Å². The van der Waals surface area contributed by atoms with E-state index in [1.165, 1.54) is 24.3 Å². The summed E-state index contributed by atoms with van der Waals surface area (Å²) in [5.41, 5.74) is -0.253. The molecule has 3 aromatic rings. The molecule has 0 spiro atoms. The first kappa shape index (κ1) is 25.7. The molecule has 10 heteroatoms. The maximum absolute atomic E-state index is 12.9. The molecule has 190 valence electrons. The Morgan fingerprint density at radius 3 is 2.06 bits per heavy atom. The summed E-state index contributed by atoms with van der Waals surface area (Å²) >= 11 is 0. The number of hydrogen-bond donors (Lipinski definition) is 2. The summed E-state index contributed by atoms with van der Waals surface area (Å²) in [5.74, 6) is -0.228. The van der Waals surface area contributed by atoms with Gasteiger partial charge in [0.2, 0.25) is 0 Å². The van der Waals surface area contributed by atoms with Crippen LogP contribution in [0.5, 0.6) is 0 Å². The number of carbonyl (C=O) groups excluding carboxylic acids is 1. The number of benzene rings is 3. The lowest BCUT2D eigenvalue weighted by Gasteiger charge is -2.38. The number of carbonyl (C=O) groups is 1. The number of sulfonamides is 1. The normalized spacial score (nSPS) is 15.9. The van der Waals surface area contributed by atoms with E-state index in [2.05, 4.69) is 4.72 Å². The number of alkyl halides is 3. The van der Waals surface area contributed by atoms with Gasteiger partial charge in [0, 0.05) is 30.8 Å². The zero-order valence-corrected chi connectivity index (χ0v) is 20.0. The monoisotopic (exact) mass is 518 g/mol. The minimum Gasteiger partial charge on any atom is -0.389 e. The second-order valence-electron chi connectivity index (χ2n) is 8.88. The molecular weight excluding hydrogens is 493 g/mol. The Kier molecular flexibility index (Phi) is 7.10. The summed E-state index contributed by atoms with van der Waals surface area (Å²) in [6.45, 7) is 0.787. The number of amides is 1. The molecule has 1 amide bonds. The molecule has 1 heterocycles. The first-order valence-corrected chi connectivity index (χ1v) is 12.8. The fourth-order valence-electron chi connectivity index (χ4n) is 4.18. The van der Waals surface area contributed by atoms with Crippen LogP contribution in [-0.2, 0) is 22.6 Å². The summed E-state index contributed by atoms with van der Waals surface area (Å²) in [6, 6.07) is 18.7. The average molecular weight is 519 g/mol. The van der Waals surface area contributed by atoms with Crippen LogP contribution in [0.2, 0.25) is 0 Å². The Bertz CT molecular complexity index is 1300. The molecule has 2 N–H and O–H groups in total. The van der Waals surface area contributed by atoms with E-state index >= 15 is 0 Å². The summed E-state index contributed by atoms with van der Waals surface area (Å²) in [4.78, 5) is 14.3. The van der Waals surface area contributed by atoms with Crippen LogP contribution in [-0.4, -0.2) is 43.0 Å². The van der Waals surface area contributed by atoms with Crippen molar-refractivity contribution in [2.45, 2.75) is 35.9 Å². The molecule has 0 aliphatic carbocycles. The van der Waals surface area contributed by atoms with Gasteiger partial charge in [-0.05, 0) is 66.9 Å². The molecule has 0 saturated carbocycles. The minimum absolute atomic E-state index is 0.169. The van der Waals surface area contributed by atoms with Crippen LogP contribution in [0.1, 0.15) is 34.3 Å². The molecule has 0 atom stereocenters. The Morgan fingerprint density at radius 1 is 0.917 bits per heavy atom. The highest BCUT2D eigenvalue weighted by molar-refractivity contribution is 7.92. The Balaban J connectivity index is 1.36. The summed E-state index contributed by atoms with van der Waals surface area (Å²) in [7, 11) is -4.11. The van der Waals surface area contributed by atoms with Gasteiger partial charge >= 0.3 is 6.18 Å². The van der Waals surface area contributed by atoms with E-state index in [0.29, 0.717) is 50.0 Å². The van der Waals surface area contributed by atoms with Crippen LogP contribution < -0.4 is 4.72 Å². The molecule has 4 rings (SSSR count). The molecule has 6 nitrogen and oxygen atoms in total. The number of anilines is 1.